The Labute approximate surface area is 124 Å². The SMILES string of the molecule is CCC(NS(=O)(=O)CCN1CCNCC1)c1nccs1. The molecule has 8 heteroatoms. The lowest BCUT2D eigenvalue weighted by atomic mass is 10.3. The first-order valence-electron chi connectivity index (χ1n) is 6.93. The second kappa shape index (κ2) is 7.46. The quantitative estimate of drug-likeness (QED) is 0.762. The van der Waals surface area contributed by atoms with Crippen molar-refractivity contribution in [2.75, 3.05) is 38.5 Å². The number of nitrogens with one attached hydrogen (secondary N) is 2. The molecule has 1 aromatic heterocycles. The standard InChI is InChI=1S/C12H22N4O2S2/c1-2-11(12-14-5-9-19-12)15-20(17,18)10-8-16-6-3-13-4-7-16/h5,9,11,13,15H,2-4,6-8,10H2,1H3. The summed E-state index contributed by atoms with van der Waals surface area (Å²) in [7, 11) is -3.26. The van der Waals surface area contributed by atoms with Gasteiger partial charge < -0.3 is 5.32 Å². The summed E-state index contributed by atoms with van der Waals surface area (Å²) in [5.41, 5.74) is 0. The first-order chi connectivity index (χ1) is 9.61. The number of nitrogens with zero attached hydrogens (tertiary/aromatic N) is 2. The van der Waals surface area contributed by atoms with Crippen LogP contribution in [0, 0.1) is 0 Å². The van der Waals surface area contributed by atoms with E-state index in [-0.39, 0.29) is 11.8 Å². The molecule has 1 atom stereocenters. The highest BCUT2D eigenvalue weighted by Gasteiger charge is 2.21. The molecule has 2 rings (SSSR count). The Morgan fingerprint density at radius 3 is 2.85 bits per heavy atom. The Bertz CT molecular complexity index is 484. The topological polar surface area (TPSA) is 74.3 Å². The van der Waals surface area contributed by atoms with E-state index < -0.39 is 10.0 Å². The van der Waals surface area contributed by atoms with Crippen LogP contribution in [-0.2, 0) is 10.0 Å². The molecule has 2 heterocycles. The molecule has 1 aromatic rings. The molecule has 0 amide bonds. The number of rotatable bonds is 7. The minimum Gasteiger partial charge on any atom is -0.314 e. The van der Waals surface area contributed by atoms with Crippen LogP contribution in [0.1, 0.15) is 24.4 Å². The van der Waals surface area contributed by atoms with Gasteiger partial charge in [0.25, 0.3) is 0 Å². The van der Waals surface area contributed by atoms with Gasteiger partial charge in [0, 0.05) is 44.3 Å². The molecule has 1 aliphatic rings. The van der Waals surface area contributed by atoms with Crippen LogP contribution in [0.2, 0.25) is 0 Å². The smallest absolute Gasteiger partial charge is 0.213 e. The fourth-order valence-corrected chi connectivity index (χ4v) is 4.35. The van der Waals surface area contributed by atoms with Gasteiger partial charge in [-0.05, 0) is 6.42 Å². The van der Waals surface area contributed by atoms with Crippen molar-refractivity contribution in [3.05, 3.63) is 16.6 Å². The van der Waals surface area contributed by atoms with E-state index in [2.05, 4.69) is 19.9 Å². The Kier molecular flexibility index (Phi) is 5.91. The molecule has 2 N–H and O–H groups in total. The van der Waals surface area contributed by atoms with Gasteiger partial charge in [-0.25, -0.2) is 18.1 Å². The van der Waals surface area contributed by atoms with Crippen LogP contribution in [0.5, 0.6) is 0 Å². The lowest BCUT2D eigenvalue weighted by Crippen LogP contribution is -2.46. The molecule has 0 bridgehead atoms. The van der Waals surface area contributed by atoms with Gasteiger partial charge in [0.2, 0.25) is 10.0 Å². The van der Waals surface area contributed by atoms with Gasteiger partial charge in [0.15, 0.2) is 0 Å². The summed E-state index contributed by atoms with van der Waals surface area (Å²) in [6.45, 7) is 6.25. The molecule has 0 spiro atoms. The second-order valence-corrected chi connectivity index (χ2v) is 7.66. The summed E-state index contributed by atoms with van der Waals surface area (Å²) in [5, 5.41) is 5.96. The molecule has 6 nitrogen and oxygen atoms in total. The van der Waals surface area contributed by atoms with E-state index in [9.17, 15) is 8.42 Å². The van der Waals surface area contributed by atoms with Crippen LogP contribution in [0.3, 0.4) is 0 Å². The molecule has 0 aromatic carbocycles. The molecule has 1 saturated heterocycles. The predicted octanol–water partition coefficient (Wildman–Crippen LogP) is 0.419. The average molecular weight is 318 g/mol. The highest BCUT2D eigenvalue weighted by atomic mass is 32.2. The van der Waals surface area contributed by atoms with Crippen molar-refractivity contribution >= 4 is 21.4 Å². The average Bonchev–Trinajstić information content (AvgIpc) is 2.98. The van der Waals surface area contributed by atoms with Gasteiger partial charge in [-0.1, -0.05) is 6.92 Å². The van der Waals surface area contributed by atoms with Gasteiger partial charge in [-0.15, -0.1) is 11.3 Å². The minimum absolute atomic E-state index is 0.148. The zero-order valence-electron chi connectivity index (χ0n) is 11.7. The van der Waals surface area contributed by atoms with E-state index in [0.29, 0.717) is 13.0 Å². The fourth-order valence-electron chi connectivity index (χ4n) is 2.17. The zero-order chi connectivity index (χ0) is 14.4. The maximum absolute atomic E-state index is 12.2. The van der Waals surface area contributed by atoms with Crippen LogP contribution >= 0.6 is 11.3 Å². The van der Waals surface area contributed by atoms with E-state index in [1.54, 1.807) is 6.20 Å². The van der Waals surface area contributed by atoms with Crippen LogP contribution in [-0.4, -0.2) is 56.8 Å². The Balaban J connectivity index is 1.86. The number of thiazole rings is 1. The molecule has 1 unspecified atom stereocenters. The van der Waals surface area contributed by atoms with E-state index in [4.69, 9.17) is 0 Å². The number of hydrogen-bond donors (Lipinski definition) is 2. The fraction of sp³-hybridized carbons (Fsp3) is 0.750. The molecule has 0 saturated carbocycles. The van der Waals surface area contributed by atoms with E-state index in [1.807, 2.05) is 12.3 Å². The van der Waals surface area contributed by atoms with Gasteiger partial charge in [-0.3, -0.25) is 4.90 Å². The van der Waals surface area contributed by atoms with Crippen LogP contribution < -0.4 is 10.0 Å². The van der Waals surface area contributed by atoms with Crippen molar-refractivity contribution in [3.63, 3.8) is 0 Å². The summed E-state index contributed by atoms with van der Waals surface area (Å²) in [6, 6.07) is -0.206. The summed E-state index contributed by atoms with van der Waals surface area (Å²) in [5.74, 6) is 0.148. The molecule has 0 radical (unpaired) electrons. The molecule has 114 valence electrons. The third-order valence-corrected chi connectivity index (χ3v) is 5.62. The van der Waals surface area contributed by atoms with Crippen LogP contribution in [0.25, 0.3) is 0 Å². The van der Waals surface area contributed by atoms with Crippen molar-refractivity contribution < 1.29 is 8.42 Å². The van der Waals surface area contributed by atoms with Crippen molar-refractivity contribution in [2.45, 2.75) is 19.4 Å². The van der Waals surface area contributed by atoms with E-state index in [1.165, 1.54) is 11.3 Å². The first kappa shape index (κ1) is 15.8. The lowest BCUT2D eigenvalue weighted by molar-refractivity contribution is 0.253. The Morgan fingerprint density at radius 1 is 1.50 bits per heavy atom. The summed E-state index contributed by atoms with van der Waals surface area (Å²) in [6.07, 6.45) is 2.41. The second-order valence-electron chi connectivity index (χ2n) is 4.86. The first-order valence-corrected chi connectivity index (χ1v) is 9.46. The largest absolute Gasteiger partial charge is 0.314 e. The van der Waals surface area contributed by atoms with Gasteiger partial charge in [0.1, 0.15) is 5.01 Å². The third-order valence-electron chi connectivity index (χ3n) is 3.37. The van der Waals surface area contributed by atoms with Gasteiger partial charge in [-0.2, -0.15) is 0 Å². The zero-order valence-corrected chi connectivity index (χ0v) is 13.3. The van der Waals surface area contributed by atoms with E-state index >= 15 is 0 Å². The number of hydrogen-bond acceptors (Lipinski definition) is 6. The molecule has 20 heavy (non-hydrogen) atoms. The molecule has 1 fully saturated rings. The number of sulfonamides is 1. The lowest BCUT2D eigenvalue weighted by Gasteiger charge is -2.27. The van der Waals surface area contributed by atoms with Gasteiger partial charge >= 0.3 is 0 Å². The summed E-state index contributed by atoms with van der Waals surface area (Å²) >= 11 is 1.49. The maximum atomic E-state index is 12.2. The summed E-state index contributed by atoms with van der Waals surface area (Å²) < 4.78 is 27.1. The van der Waals surface area contributed by atoms with Crippen molar-refractivity contribution in [1.82, 2.24) is 19.9 Å². The van der Waals surface area contributed by atoms with Crippen molar-refractivity contribution in [3.8, 4) is 0 Å². The maximum Gasteiger partial charge on any atom is 0.213 e. The molecule has 0 aliphatic carbocycles. The number of piperazine rings is 1. The Morgan fingerprint density at radius 2 is 2.25 bits per heavy atom. The predicted molar refractivity (Wildman–Crippen MR) is 81.4 cm³/mol. The normalized spacial score (nSPS) is 19.1. The highest BCUT2D eigenvalue weighted by Crippen LogP contribution is 2.19. The molecular weight excluding hydrogens is 296 g/mol. The van der Waals surface area contributed by atoms with Crippen molar-refractivity contribution in [2.24, 2.45) is 0 Å². The molecule has 1 aliphatic heterocycles. The third kappa shape index (κ3) is 4.78. The minimum atomic E-state index is -3.26. The van der Waals surface area contributed by atoms with Gasteiger partial charge in [0.05, 0.1) is 11.8 Å². The van der Waals surface area contributed by atoms with Crippen LogP contribution in [0.15, 0.2) is 11.6 Å². The van der Waals surface area contributed by atoms with E-state index in [0.717, 1.165) is 31.2 Å². The Hall–Kier alpha value is -0.540. The number of aromatic nitrogens is 1. The molecular formula is C12H22N4O2S2. The monoisotopic (exact) mass is 318 g/mol. The van der Waals surface area contributed by atoms with Crippen LogP contribution in [0.4, 0.5) is 0 Å². The highest BCUT2D eigenvalue weighted by molar-refractivity contribution is 7.89. The van der Waals surface area contributed by atoms with Crippen molar-refractivity contribution in [1.29, 1.82) is 0 Å². The summed E-state index contributed by atoms with van der Waals surface area (Å²) in [4.78, 5) is 6.38.